The van der Waals surface area contributed by atoms with Gasteiger partial charge in [-0.05, 0) is 28.3 Å². The summed E-state index contributed by atoms with van der Waals surface area (Å²) in [7, 11) is 0.552. The van der Waals surface area contributed by atoms with Crippen molar-refractivity contribution in [2.75, 3.05) is 14.2 Å². The third-order valence-corrected chi connectivity index (χ3v) is 12.9. The molecule has 2 aliphatic rings. The van der Waals surface area contributed by atoms with Crippen LogP contribution in [-0.4, -0.2) is 54.2 Å². The average Bonchev–Trinajstić information content (AvgIpc) is 3.53. The van der Waals surface area contributed by atoms with E-state index >= 15 is 0 Å². The van der Waals surface area contributed by atoms with Crippen LogP contribution in [0.1, 0.15) is 107 Å². The Morgan fingerprint density at radius 2 is 0.651 bits per heavy atom. The fourth-order valence-electron chi connectivity index (χ4n) is 3.58. The van der Waals surface area contributed by atoms with Crippen LogP contribution in [0.2, 0.25) is 50.4 Å². The fourth-order valence-corrected chi connectivity index (χ4v) is 7.86. The maximum absolute atomic E-state index is 7.75. The molecule has 43 heavy (non-hydrogen) atoms. The molecule has 4 nitrogen and oxygen atoms in total. The zero-order valence-corrected chi connectivity index (χ0v) is 39.2. The molecule has 2 N–H and O–H groups in total. The summed E-state index contributed by atoms with van der Waals surface area (Å²) in [5, 5.41) is 14.0. The van der Waals surface area contributed by atoms with Crippen LogP contribution in [0.4, 0.5) is 0 Å². The molecule has 0 bridgehead atoms. The second kappa shape index (κ2) is 49.9. The van der Waals surface area contributed by atoms with Crippen LogP contribution in [-0.2, 0) is 51.7 Å². The Kier molecular flexibility index (Phi) is 92.3. The first-order chi connectivity index (χ1) is 16.9. The Morgan fingerprint density at radius 3 is 0.698 bits per heavy atom. The summed E-state index contributed by atoms with van der Waals surface area (Å²) in [4.78, 5) is 15.5. The van der Waals surface area contributed by atoms with E-state index in [-0.39, 0.29) is 71.8 Å². The summed E-state index contributed by atoms with van der Waals surface area (Å²) in [5.41, 5.74) is 2.80. The van der Waals surface area contributed by atoms with E-state index in [4.69, 9.17) is 19.8 Å². The van der Waals surface area contributed by atoms with Crippen molar-refractivity contribution in [1.29, 1.82) is 0 Å². The average molecular weight is 817 g/mol. The number of hydrogen-bond acceptors (Lipinski definition) is 4. The van der Waals surface area contributed by atoms with Crippen LogP contribution in [0.15, 0.2) is 0 Å². The summed E-state index contributed by atoms with van der Waals surface area (Å²) in [6.45, 7) is 39.3. The predicted octanol–water partition coefficient (Wildman–Crippen LogP) is 11.4. The van der Waals surface area contributed by atoms with Gasteiger partial charge in [0.25, 0.3) is 0 Å². The Morgan fingerprint density at radius 1 is 0.535 bits per heavy atom. The van der Waals surface area contributed by atoms with Gasteiger partial charge in [0.2, 0.25) is 0 Å². The molecule has 268 valence electrons. The zero-order chi connectivity index (χ0) is 31.5. The molecule has 0 aromatic rings. The minimum absolute atomic E-state index is 0. The summed E-state index contributed by atoms with van der Waals surface area (Å²) >= 11 is 0. The van der Waals surface area contributed by atoms with E-state index in [1.807, 2.05) is 0 Å². The molecule has 0 saturated heterocycles. The molecule has 0 atom stereocenters. The minimum Gasteiger partial charge on any atom is -0.545 e. The van der Waals surface area contributed by atoms with E-state index in [1.54, 1.807) is 0 Å². The van der Waals surface area contributed by atoms with E-state index in [1.165, 1.54) is 51.4 Å². The van der Waals surface area contributed by atoms with E-state index in [9.17, 15) is 0 Å². The number of hydrogen-bond donors (Lipinski definition) is 2. The Balaban J connectivity index is -0.0000000270. The Labute approximate surface area is 308 Å². The molecule has 0 unspecified atom stereocenters. The van der Waals surface area contributed by atoms with Crippen LogP contribution in [0.5, 0.6) is 0 Å². The second-order valence-corrected chi connectivity index (χ2v) is 25.0. The van der Waals surface area contributed by atoms with Crippen LogP contribution in [0, 0.1) is 47.0 Å². The van der Waals surface area contributed by atoms with Crippen LogP contribution in [0.25, 0.3) is 0 Å². The number of aliphatic hydroxyl groups excluding tert-OH is 2. The number of rotatable bonds is 2. The molecule has 0 spiro atoms. The molecule has 0 heterocycles. The van der Waals surface area contributed by atoms with Crippen LogP contribution < -0.4 is 0 Å². The third kappa shape index (κ3) is 66.4. The van der Waals surface area contributed by atoms with Gasteiger partial charge in [-0.15, -0.1) is 0 Å². The van der Waals surface area contributed by atoms with Gasteiger partial charge in [-0.25, -0.2) is 0 Å². The normalized spacial score (nSPS) is 13.0. The quantitative estimate of drug-likeness (QED) is 0.165. The van der Waals surface area contributed by atoms with Gasteiger partial charge >= 0.3 is 42.1 Å². The van der Waals surface area contributed by atoms with E-state index in [0.717, 1.165) is 37.1 Å². The molecule has 2 fully saturated rings. The Bertz CT molecular complexity index is 392. The maximum atomic E-state index is 7.75. The summed E-state index contributed by atoms with van der Waals surface area (Å²) in [6.07, 6.45) is 12.2. The standard InChI is InChI=1S/2C8H18Si.C7H16.C4H10.2CH4O.2CHO.4CH3.2Mo/c2*1-9(2,3)8-6-4-5-7-8;1-6(2)7(3,4)5;1-4(2)3;4*1-2;;;;;;/h2*8H,4-7H2,1-3H3;6H,1-5H3;4H,1-3H3;2*2H,1H3;2*1H;4*1H3;;/q;;;;;;6*-1;2*+3. The summed E-state index contributed by atoms with van der Waals surface area (Å²) in [5.74, 6) is 1.63. The van der Waals surface area contributed by atoms with Gasteiger partial charge < -0.3 is 49.5 Å². The molecule has 2 aliphatic carbocycles. The van der Waals surface area contributed by atoms with Gasteiger partial charge in [-0.1, -0.05) is 146 Å². The van der Waals surface area contributed by atoms with E-state index in [2.05, 4.69) is 108 Å². The van der Waals surface area contributed by atoms with Crippen LogP contribution >= 0.6 is 0 Å². The van der Waals surface area contributed by atoms with Crippen molar-refractivity contribution in [2.45, 2.75) is 157 Å². The molecule has 2 radical (unpaired) electrons. The molecule has 2 rings (SSSR count). The van der Waals surface area contributed by atoms with Gasteiger partial charge in [-0.2, -0.15) is 0 Å². The first-order valence-electron chi connectivity index (χ1n) is 14.3. The molecule has 0 aromatic carbocycles. The first kappa shape index (κ1) is 79.5. The van der Waals surface area contributed by atoms with Crippen molar-refractivity contribution in [1.82, 2.24) is 0 Å². The SMILES string of the molecule is CC(C)C.CC(C)C(C)(C)C.CO.CO.C[Si](C)(C)C1CCCC1.C[Si](C)(C)C1CCCC1.[CH-]=O.[CH-]=O.[CH3-].[CH3-].[CH3-].[CH3-].[Mo+3].[Mo+3]. The summed E-state index contributed by atoms with van der Waals surface area (Å²) < 4.78 is 0. The van der Waals surface area contributed by atoms with Crippen molar-refractivity contribution in [3.63, 3.8) is 0 Å². The van der Waals surface area contributed by atoms with E-state index in [0.29, 0.717) is 5.41 Å². The second-order valence-electron chi connectivity index (χ2n) is 13.9. The maximum Gasteiger partial charge on any atom is 3.00 e. The zero-order valence-electron chi connectivity index (χ0n) is 33.1. The molecule has 0 aromatic heterocycles. The van der Waals surface area contributed by atoms with Crippen molar-refractivity contribution in [3.05, 3.63) is 29.7 Å². The van der Waals surface area contributed by atoms with Crippen molar-refractivity contribution in [2.24, 2.45) is 17.3 Å². The third-order valence-electron chi connectivity index (χ3n) is 6.89. The molecule has 0 amide bonds. The monoisotopic (exact) mass is 820 g/mol. The van der Waals surface area contributed by atoms with Gasteiger partial charge in [0.05, 0.1) is 0 Å². The first-order valence-corrected chi connectivity index (χ1v) is 21.4. The molecule has 2 saturated carbocycles. The topological polar surface area (TPSA) is 74.6 Å². The van der Waals surface area contributed by atoms with Crippen molar-refractivity contribution >= 4 is 29.7 Å². The van der Waals surface area contributed by atoms with Crippen LogP contribution in [0.3, 0.4) is 0 Å². The largest absolute Gasteiger partial charge is 3.00 e. The molecule has 8 heteroatoms. The van der Waals surface area contributed by atoms with Gasteiger partial charge in [-0.3, -0.25) is 13.6 Å². The van der Waals surface area contributed by atoms with Gasteiger partial charge in [0.15, 0.2) is 0 Å². The number of carbonyl (C=O) groups excluding carboxylic acids is 2. The smallest absolute Gasteiger partial charge is 0.545 e. The Hall–Kier alpha value is 1.07. The number of aliphatic hydroxyl groups is 2. The van der Waals surface area contributed by atoms with Gasteiger partial charge in [0, 0.05) is 30.4 Å². The van der Waals surface area contributed by atoms with Crippen molar-refractivity contribution < 1.29 is 61.9 Å². The molecule has 0 aliphatic heterocycles. The minimum atomic E-state index is -0.724. The molecular formula is C35H84Mo2O4Si2. The fraction of sp³-hybridized carbons (Fsp3) is 0.829. The van der Waals surface area contributed by atoms with Crippen molar-refractivity contribution in [3.8, 4) is 0 Å². The summed E-state index contributed by atoms with van der Waals surface area (Å²) in [6, 6.07) is 0. The molecular weight excluding hydrogens is 732 g/mol. The predicted molar refractivity (Wildman–Crippen MR) is 201 cm³/mol. The van der Waals surface area contributed by atoms with E-state index < -0.39 is 16.1 Å². The van der Waals surface area contributed by atoms with Gasteiger partial charge in [0.1, 0.15) is 0 Å².